The highest BCUT2D eigenvalue weighted by Gasteiger charge is 2.37. The Hall–Kier alpha value is -1.08. The van der Waals surface area contributed by atoms with Gasteiger partial charge >= 0.3 is 12.0 Å². The fourth-order valence-corrected chi connectivity index (χ4v) is 3.53. The van der Waals surface area contributed by atoms with E-state index in [0.717, 1.165) is 9.35 Å². The number of nitrogens with one attached hydrogen (secondary N) is 1. The molecule has 0 radical (unpaired) electrons. The van der Waals surface area contributed by atoms with Crippen LogP contribution in [0.1, 0.15) is 24.6 Å². The van der Waals surface area contributed by atoms with E-state index in [9.17, 15) is 9.59 Å². The maximum atomic E-state index is 12.0. The molecule has 20 heavy (non-hydrogen) atoms. The molecule has 1 aromatic rings. The van der Waals surface area contributed by atoms with Gasteiger partial charge in [-0.15, -0.1) is 11.3 Å². The third kappa shape index (κ3) is 3.52. The summed E-state index contributed by atoms with van der Waals surface area (Å²) in [6.07, 6.45) is 1.00. The number of rotatable bonds is 3. The first-order valence-electron chi connectivity index (χ1n) is 6.40. The maximum Gasteiger partial charge on any atom is 0.317 e. The SMILES string of the molecule is CC1(C(=O)O)CCN(C(=O)NCc2cc(Br)cs2)CC1. The summed E-state index contributed by atoms with van der Waals surface area (Å²) < 4.78 is 1.02. The third-order valence-electron chi connectivity index (χ3n) is 3.71. The first kappa shape index (κ1) is 15.3. The van der Waals surface area contributed by atoms with Crippen LogP contribution in [0.5, 0.6) is 0 Å². The highest BCUT2D eigenvalue weighted by molar-refractivity contribution is 9.10. The number of aliphatic carboxylic acids is 1. The second kappa shape index (κ2) is 6.13. The molecule has 2 N–H and O–H groups in total. The molecule has 2 amide bonds. The van der Waals surface area contributed by atoms with E-state index in [4.69, 9.17) is 5.11 Å². The Bertz CT molecular complexity index is 509. The van der Waals surface area contributed by atoms with Crippen LogP contribution in [0.3, 0.4) is 0 Å². The van der Waals surface area contributed by atoms with E-state index in [0.29, 0.717) is 32.5 Å². The van der Waals surface area contributed by atoms with E-state index < -0.39 is 11.4 Å². The zero-order valence-corrected chi connectivity index (χ0v) is 13.6. The largest absolute Gasteiger partial charge is 0.481 e. The van der Waals surface area contributed by atoms with Crippen molar-refractivity contribution >= 4 is 39.3 Å². The van der Waals surface area contributed by atoms with Gasteiger partial charge in [0.2, 0.25) is 0 Å². The lowest BCUT2D eigenvalue weighted by Crippen LogP contribution is -2.48. The molecule has 7 heteroatoms. The van der Waals surface area contributed by atoms with Crippen LogP contribution in [0.2, 0.25) is 0 Å². The number of carbonyl (C=O) groups is 2. The molecule has 0 saturated carbocycles. The number of hydrogen-bond acceptors (Lipinski definition) is 3. The molecule has 2 heterocycles. The first-order valence-corrected chi connectivity index (χ1v) is 8.07. The van der Waals surface area contributed by atoms with Gasteiger partial charge in [-0.3, -0.25) is 4.79 Å². The molecular weight excluding hydrogens is 344 g/mol. The first-order chi connectivity index (χ1) is 9.40. The number of nitrogens with zero attached hydrogens (tertiary/aromatic N) is 1. The van der Waals surface area contributed by atoms with Gasteiger partial charge < -0.3 is 15.3 Å². The molecule has 0 unspecified atom stereocenters. The number of carbonyl (C=O) groups excluding carboxylic acids is 1. The Labute approximate surface area is 130 Å². The lowest BCUT2D eigenvalue weighted by molar-refractivity contribution is -0.150. The number of hydrogen-bond donors (Lipinski definition) is 2. The molecule has 1 fully saturated rings. The van der Waals surface area contributed by atoms with Crippen molar-refractivity contribution in [1.29, 1.82) is 0 Å². The fourth-order valence-electron chi connectivity index (χ4n) is 2.14. The van der Waals surface area contributed by atoms with E-state index in [1.165, 1.54) is 0 Å². The Morgan fingerprint density at radius 3 is 2.65 bits per heavy atom. The summed E-state index contributed by atoms with van der Waals surface area (Å²) >= 11 is 4.96. The van der Waals surface area contributed by atoms with Gasteiger partial charge in [-0.25, -0.2) is 4.79 Å². The van der Waals surface area contributed by atoms with Gasteiger partial charge in [0.25, 0.3) is 0 Å². The van der Waals surface area contributed by atoms with Crippen molar-refractivity contribution < 1.29 is 14.7 Å². The number of likely N-dealkylation sites (tertiary alicyclic amines) is 1. The number of carboxylic acid groups (broad SMARTS) is 1. The van der Waals surface area contributed by atoms with Crippen LogP contribution in [0, 0.1) is 5.41 Å². The molecule has 0 aliphatic carbocycles. The Morgan fingerprint density at radius 1 is 1.50 bits per heavy atom. The van der Waals surface area contributed by atoms with Crippen LogP contribution >= 0.6 is 27.3 Å². The van der Waals surface area contributed by atoms with Crippen molar-refractivity contribution in [2.45, 2.75) is 26.3 Å². The second-order valence-electron chi connectivity index (χ2n) is 5.24. The van der Waals surface area contributed by atoms with Crippen molar-refractivity contribution in [2.75, 3.05) is 13.1 Å². The predicted octanol–water partition coefficient (Wildman–Crippen LogP) is 2.91. The van der Waals surface area contributed by atoms with Crippen molar-refractivity contribution in [3.8, 4) is 0 Å². The lowest BCUT2D eigenvalue weighted by atomic mass is 9.80. The number of amides is 2. The highest BCUT2D eigenvalue weighted by Crippen LogP contribution is 2.31. The average molecular weight is 361 g/mol. The minimum atomic E-state index is -0.777. The topological polar surface area (TPSA) is 69.6 Å². The summed E-state index contributed by atoms with van der Waals surface area (Å²) in [6.45, 7) is 3.22. The van der Waals surface area contributed by atoms with E-state index in [1.54, 1.807) is 23.2 Å². The van der Waals surface area contributed by atoms with Gasteiger partial charge in [0.1, 0.15) is 0 Å². The number of thiophene rings is 1. The quantitative estimate of drug-likeness (QED) is 0.870. The number of urea groups is 1. The van der Waals surface area contributed by atoms with Gasteiger partial charge in [-0.1, -0.05) is 0 Å². The average Bonchev–Trinajstić information content (AvgIpc) is 2.82. The van der Waals surface area contributed by atoms with E-state index in [2.05, 4.69) is 21.2 Å². The summed E-state index contributed by atoms with van der Waals surface area (Å²) in [6, 6.07) is 1.85. The molecule has 2 rings (SSSR count). The molecular formula is C13H17BrN2O3S. The zero-order chi connectivity index (χ0) is 14.8. The maximum absolute atomic E-state index is 12.0. The molecule has 1 aromatic heterocycles. The fraction of sp³-hybridized carbons (Fsp3) is 0.538. The van der Waals surface area contributed by atoms with Crippen LogP contribution in [-0.4, -0.2) is 35.1 Å². The van der Waals surface area contributed by atoms with Gasteiger partial charge in [-0.05, 0) is 41.8 Å². The standard InChI is InChI=1S/C13H17BrN2O3S/c1-13(11(17)18)2-4-16(5-3-13)12(19)15-7-10-6-9(14)8-20-10/h6,8H,2-5,7H2,1H3,(H,15,19)(H,17,18). The van der Waals surface area contributed by atoms with Gasteiger partial charge in [0, 0.05) is 27.8 Å². The van der Waals surface area contributed by atoms with Crippen molar-refractivity contribution in [1.82, 2.24) is 10.2 Å². The summed E-state index contributed by atoms with van der Waals surface area (Å²) in [5.41, 5.74) is -0.699. The smallest absolute Gasteiger partial charge is 0.317 e. The van der Waals surface area contributed by atoms with Crippen LogP contribution < -0.4 is 5.32 Å². The van der Waals surface area contributed by atoms with Crippen molar-refractivity contribution in [3.05, 3.63) is 20.8 Å². The molecule has 0 atom stereocenters. The second-order valence-corrected chi connectivity index (χ2v) is 7.15. The molecule has 1 aliphatic heterocycles. The minimum absolute atomic E-state index is 0.123. The van der Waals surface area contributed by atoms with Gasteiger partial charge in [0.15, 0.2) is 0 Å². The minimum Gasteiger partial charge on any atom is -0.481 e. The number of piperidine rings is 1. The monoisotopic (exact) mass is 360 g/mol. The molecule has 1 saturated heterocycles. The molecule has 1 aliphatic rings. The normalized spacial score (nSPS) is 17.8. The lowest BCUT2D eigenvalue weighted by Gasteiger charge is -2.36. The third-order valence-corrected chi connectivity index (χ3v) is 5.40. The van der Waals surface area contributed by atoms with E-state index in [-0.39, 0.29) is 6.03 Å². The molecule has 0 aromatic carbocycles. The van der Waals surface area contributed by atoms with Crippen LogP contribution in [0.4, 0.5) is 4.79 Å². The molecule has 0 spiro atoms. The molecule has 5 nitrogen and oxygen atoms in total. The Morgan fingerprint density at radius 2 is 2.15 bits per heavy atom. The van der Waals surface area contributed by atoms with Crippen LogP contribution in [0.25, 0.3) is 0 Å². The van der Waals surface area contributed by atoms with Crippen LogP contribution in [-0.2, 0) is 11.3 Å². The predicted molar refractivity (Wildman–Crippen MR) is 80.8 cm³/mol. The van der Waals surface area contributed by atoms with Gasteiger partial charge in [0.05, 0.1) is 12.0 Å². The van der Waals surface area contributed by atoms with Crippen molar-refractivity contribution in [2.24, 2.45) is 5.41 Å². The van der Waals surface area contributed by atoms with E-state index >= 15 is 0 Å². The Balaban J connectivity index is 1.81. The number of carboxylic acids is 1. The highest BCUT2D eigenvalue weighted by atomic mass is 79.9. The van der Waals surface area contributed by atoms with Crippen LogP contribution in [0.15, 0.2) is 15.9 Å². The molecule has 0 bridgehead atoms. The summed E-state index contributed by atoms with van der Waals surface area (Å²) in [5, 5.41) is 14.0. The van der Waals surface area contributed by atoms with Gasteiger partial charge in [-0.2, -0.15) is 0 Å². The summed E-state index contributed by atoms with van der Waals surface area (Å²) in [4.78, 5) is 25.9. The summed E-state index contributed by atoms with van der Waals surface area (Å²) in [5.74, 6) is -0.777. The Kier molecular flexibility index (Phi) is 4.70. The zero-order valence-electron chi connectivity index (χ0n) is 11.2. The van der Waals surface area contributed by atoms with E-state index in [1.807, 2.05) is 11.4 Å². The summed E-state index contributed by atoms with van der Waals surface area (Å²) in [7, 11) is 0. The van der Waals surface area contributed by atoms with Crippen molar-refractivity contribution in [3.63, 3.8) is 0 Å². The number of halogens is 1. The molecule has 110 valence electrons.